The third-order valence-electron chi connectivity index (χ3n) is 4.54. The second-order valence-corrected chi connectivity index (χ2v) is 6.24. The number of hydrogen-bond donors (Lipinski definition) is 2. The van der Waals surface area contributed by atoms with E-state index in [2.05, 4.69) is 17.0 Å². The smallest absolute Gasteiger partial charge is 0.119 e. The molecule has 0 radical (unpaired) electrons. The first kappa shape index (κ1) is 15.7. The van der Waals surface area contributed by atoms with Crippen LogP contribution in [0.4, 0.5) is 11.4 Å². The molecule has 3 rings (SSSR count). The molecule has 2 aromatic rings. The first-order chi connectivity index (χ1) is 11.1. The summed E-state index contributed by atoms with van der Waals surface area (Å²) in [4.78, 5) is 2.46. The van der Waals surface area contributed by atoms with E-state index in [9.17, 15) is 0 Å². The maximum atomic E-state index is 5.89. The number of ether oxygens (including phenoxy) is 1. The van der Waals surface area contributed by atoms with E-state index >= 15 is 0 Å². The lowest BCUT2D eigenvalue weighted by Crippen LogP contribution is -2.30. The van der Waals surface area contributed by atoms with Gasteiger partial charge in [0.05, 0.1) is 0 Å². The fraction of sp³-hybridized carbons (Fsp3) is 0.368. The Bertz CT molecular complexity index is 684. The first-order valence-electron chi connectivity index (χ1n) is 8.20. The van der Waals surface area contributed by atoms with Crippen molar-refractivity contribution in [2.45, 2.75) is 19.8 Å². The molecule has 0 amide bonds. The van der Waals surface area contributed by atoms with Gasteiger partial charge in [-0.1, -0.05) is 6.07 Å². The number of fused-ring (bicyclic) bond motifs is 1. The molecule has 4 heteroatoms. The number of anilines is 2. The summed E-state index contributed by atoms with van der Waals surface area (Å²) in [5.74, 6) is 0.891. The van der Waals surface area contributed by atoms with Crippen LogP contribution >= 0.6 is 0 Å². The molecule has 4 nitrogen and oxygen atoms in total. The molecule has 0 bridgehead atoms. The summed E-state index contributed by atoms with van der Waals surface area (Å²) in [6, 6.07) is 12.1. The Balaban J connectivity index is 1.51. The largest absolute Gasteiger partial charge is 0.492 e. The minimum Gasteiger partial charge on any atom is -0.492 e. The number of hydrogen-bond acceptors (Lipinski definition) is 4. The molecular formula is C19H25N3O. The highest BCUT2D eigenvalue weighted by Crippen LogP contribution is 2.20. The van der Waals surface area contributed by atoms with E-state index < -0.39 is 0 Å². The average molecular weight is 311 g/mol. The van der Waals surface area contributed by atoms with Gasteiger partial charge in [0.15, 0.2) is 0 Å². The van der Waals surface area contributed by atoms with E-state index in [4.69, 9.17) is 16.2 Å². The normalized spacial score (nSPS) is 15.0. The van der Waals surface area contributed by atoms with E-state index in [1.54, 1.807) is 0 Å². The minimum absolute atomic E-state index is 0.696. The van der Waals surface area contributed by atoms with Crippen molar-refractivity contribution in [3.05, 3.63) is 53.1 Å². The minimum atomic E-state index is 0.696. The van der Waals surface area contributed by atoms with E-state index in [-0.39, 0.29) is 0 Å². The van der Waals surface area contributed by atoms with E-state index in [0.29, 0.717) is 6.61 Å². The lowest BCUT2D eigenvalue weighted by Gasteiger charge is -2.20. The molecule has 1 heterocycles. The molecule has 0 fully saturated rings. The van der Waals surface area contributed by atoms with E-state index in [1.807, 2.05) is 31.2 Å². The summed E-state index contributed by atoms with van der Waals surface area (Å²) in [7, 11) is 0. The van der Waals surface area contributed by atoms with Gasteiger partial charge >= 0.3 is 0 Å². The highest BCUT2D eigenvalue weighted by Gasteiger charge is 2.14. The summed E-state index contributed by atoms with van der Waals surface area (Å²) in [6.45, 7) is 5.76. The number of benzene rings is 2. The van der Waals surface area contributed by atoms with Gasteiger partial charge in [0.1, 0.15) is 12.4 Å². The van der Waals surface area contributed by atoms with Crippen LogP contribution in [0.3, 0.4) is 0 Å². The van der Waals surface area contributed by atoms with Gasteiger partial charge in [-0.3, -0.25) is 4.90 Å². The van der Waals surface area contributed by atoms with E-state index in [1.165, 1.54) is 11.1 Å². The van der Waals surface area contributed by atoms with Crippen molar-refractivity contribution >= 4 is 11.4 Å². The van der Waals surface area contributed by atoms with Crippen molar-refractivity contribution in [1.29, 1.82) is 0 Å². The zero-order valence-corrected chi connectivity index (χ0v) is 13.7. The third kappa shape index (κ3) is 3.96. The molecule has 0 aliphatic carbocycles. The molecule has 2 aromatic carbocycles. The number of aryl methyl sites for hydroxylation is 1. The van der Waals surface area contributed by atoms with Gasteiger partial charge in [-0.25, -0.2) is 0 Å². The predicted molar refractivity (Wildman–Crippen MR) is 95.8 cm³/mol. The molecular weight excluding hydrogens is 286 g/mol. The topological polar surface area (TPSA) is 64.5 Å². The molecule has 4 N–H and O–H groups in total. The van der Waals surface area contributed by atoms with Crippen LogP contribution < -0.4 is 16.2 Å². The van der Waals surface area contributed by atoms with Gasteiger partial charge < -0.3 is 16.2 Å². The van der Waals surface area contributed by atoms with Crippen LogP contribution in [0.15, 0.2) is 36.4 Å². The predicted octanol–water partition coefficient (Wildman–Crippen LogP) is 2.64. The Labute approximate surface area is 138 Å². The van der Waals surface area contributed by atoms with Crippen molar-refractivity contribution in [3.8, 4) is 5.75 Å². The summed E-state index contributed by atoms with van der Waals surface area (Å²) in [5, 5.41) is 0. The van der Waals surface area contributed by atoms with Crippen molar-refractivity contribution in [3.63, 3.8) is 0 Å². The maximum absolute atomic E-state index is 5.89. The lowest BCUT2D eigenvalue weighted by atomic mass is 10.0. The number of rotatable bonds is 4. The third-order valence-corrected chi connectivity index (χ3v) is 4.54. The van der Waals surface area contributed by atoms with Gasteiger partial charge in [-0.15, -0.1) is 0 Å². The zero-order valence-electron chi connectivity index (χ0n) is 13.7. The summed E-state index contributed by atoms with van der Waals surface area (Å²) in [5.41, 5.74) is 17.3. The monoisotopic (exact) mass is 311 g/mol. The molecule has 0 unspecified atom stereocenters. The number of nitrogens with zero attached hydrogens (tertiary/aromatic N) is 1. The van der Waals surface area contributed by atoms with Crippen molar-refractivity contribution in [1.82, 2.24) is 4.90 Å². The van der Waals surface area contributed by atoms with Crippen molar-refractivity contribution < 1.29 is 4.74 Å². The number of nitrogen functional groups attached to an aromatic ring is 2. The Morgan fingerprint density at radius 1 is 1.00 bits per heavy atom. The molecule has 0 atom stereocenters. The van der Waals surface area contributed by atoms with E-state index in [0.717, 1.165) is 55.2 Å². The molecule has 0 spiro atoms. The van der Waals surface area contributed by atoms with Crippen LogP contribution in [0.5, 0.6) is 5.75 Å². The standard InChI is InChI=1S/C19H25N3O/c1-14-12-18(4-5-19(14)21)23-11-10-22-8-6-15-2-3-17(20)13-16(15)7-9-22/h2-5,12-13H,6-11,20-21H2,1H3. The molecule has 0 saturated heterocycles. The van der Waals surface area contributed by atoms with Crippen LogP contribution in [-0.4, -0.2) is 31.1 Å². The zero-order chi connectivity index (χ0) is 16.2. The Morgan fingerprint density at radius 2 is 1.78 bits per heavy atom. The van der Waals surface area contributed by atoms with Gasteiger partial charge in [0, 0.05) is 31.0 Å². The van der Waals surface area contributed by atoms with Crippen LogP contribution in [0.25, 0.3) is 0 Å². The molecule has 1 aliphatic rings. The van der Waals surface area contributed by atoms with Crippen LogP contribution in [-0.2, 0) is 12.8 Å². The van der Waals surface area contributed by atoms with Crippen LogP contribution in [0, 0.1) is 6.92 Å². The fourth-order valence-corrected chi connectivity index (χ4v) is 3.05. The van der Waals surface area contributed by atoms with Crippen LogP contribution in [0.1, 0.15) is 16.7 Å². The second kappa shape index (κ2) is 6.92. The molecule has 122 valence electrons. The fourth-order valence-electron chi connectivity index (χ4n) is 3.05. The Hall–Kier alpha value is -2.20. The van der Waals surface area contributed by atoms with Crippen molar-refractivity contribution in [2.24, 2.45) is 0 Å². The van der Waals surface area contributed by atoms with Gasteiger partial charge in [0.2, 0.25) is 0 Å². The van der Waals surface area contributed by atoms with Crippen molar-refractivity contribution in [2.75, 3.05) is 37.7 Å². The SMILES string of the molecule is Cc1cc(OCCN2CCc3ccc(N)cc3CC2)ccc1N. The molecule has 0 saturated carbocycles. The molecule has 0 aromatic heterocycles. The summed E-state index contributed by atoms with van der Waals surface area (Å²) < 4.78 is 5.86. The molecule has 23 heavy (non-hydrogen) atoms. The number of nitrogens with two attached hydrogens (primary N) is 2. The lowest BCUT2D eigenvalue weighted by molar-refractivity contribution is 0.215. The quantitative estimate of drug-likeness (QED) is 0.852. The summed E-state index contributed by atoms with van der Waals surface area (Å²) in [6.07, 6.45) is 2.14. The highest BCUT2D eigenvalue weighted by molar-refractivity contribution is 5.49. The second-order valence-electron chi connectivity index (χ2n) is 6.24. The Morgan fingerprint density at radius 3 is 2.57 bits per heavy atom. The first-order valence-corrected chi connectivity index (χ1v) is 8.20. The maximum Gasteiger partial charge on any atom is 0.119 e. The van der Waals surface area contributed by atoms with Gasteiger partial charge in [-0.05, 0) is 66.8 Å². The highest BCUT2D eigenvalue weighted by atomic mass is 16.5. The van der Waals surface area contributed by atoms with Gasteiger partial charge in [0.25, 0.3) is 0 Å². The average Bonchev–Trinajstić information content (AvgIpc) is 2.73. The Kier molecular flexibility index (Phi) is 4.72. The summed E-state index contributed by atoms with van der Waals surface area (Å²) >= 11 is 0. The van der Waals surface area contributed by atoms with Gasteiger partial charge in [-0.2, -0.15) is 0 Å². The molecule has 1 aliphatic heterocycles. The van der Waals surface area contributed by atoms with Crippen LogP contribution in [0.2, 0.25) is 0 Å².